The summed E-state index contributed by atoms with van der Waals surface area (Å²) in [6, 6.07) is 16.6. The number of pyridine rings is 1. The number of nitrogens with one attached hydrogen (secondary N) is 2. The fourth-order valence-corrected chi connectivity index (χ4v) is 8.81. The van der Waals surface area contributed by atoms with E-state index < -0.39 is 0 Å². The van der Waals surface area contributed by atoms with Crippen LogP contribution in [0.25, 0.3) is 22.2 Å². The molecule has 2 N–H and O–H groups in total. The number of nitrogens with zero attached hydrogens (tertiary/aromatic N) is 4. The molecule has 5 heterocycles. The first kappa shape index (κ1) is 31.7. The van der Waals surface area contributed by atoms with E-state index in [0.717, 1.165) is 88.3 Å². The lowest BCUT2D eigenvalue weighted by Crippen LogP contribution is -2.35. The molecule has 47 heavy (non-hydrogen) atoms. The van der Waals surface area contributed by atoms with Crippen LogP contribution in [0.5, 0.6) is 0 Å². The van der Waals surface area contributed by atoms with Crippen LogP contribution in [0.3, 0.4) is 0 Å². The quantitative estimate of drug-likeness (QED) is 0.230. The summed E-state index contributed by atoms with van der Waals surface area (Å²) in [6.07, 6.45) is 8.04. The van der Waals surface area contributed by atoms with Crippen molar-refractivity contribution in [1.82, 2.24) is 24.8 Å². The molecule has 4 aromatic rings. The minimum atomic E-state index is -0.227. The lowest BCUT2D eigenvalue weighted by atomic mass is 9.99. The Morgan fingerprint density at radius 1 is 1.06 bits per heavy atom. The topological polar surface area (TPSA) is 101 Å². The highest BCUT2D eigenvalue weighted by Crippen LogP contribution is 2.37. The number of likely N-dealkylation sites (tertiary alicyclic amines) is 1. The highest BCUT2D eigenvalue weighted by atomic mass is 32.2. The van der Waals surface area contributed by atoms with E-state index in [0.29, 0.717) is 33.7 Å². The van der Waals surface area contributed by atoms with Crippen LogP contribution in [-0.2, 0) is 22.5 Å². The molecule has 2 aromatic heterocycles. The number of aromatic nitrogens is 3. The summed E-state index contributed by atoms with van der Waals surface area (Å²) in [7, 11) is -0.152. The van der Waals surface area contributed by atoms with Crippen molar-refractivity contribution in [2.75, 3.05) is 44.7 Å². The molecule has 3 fully saturated rings. The minimum Gasteiger partial charge on any atom is -0.381 e. The van der Waals surface area contributed by atoms with Crippen molar-refractivity contribution in [3.05, 3.63) is 76.2 Å². The number of hydrogen-bond donors (Lipinski definition) is 2. The van der Waals surface area contributed by atoms with Crippen LogP contribution in [0.1, 0.15) is 43.2 Å². The Kier molecular flexibility index (Phi) is 9.51. The van der Waals surface area contributed by atoms with Crippen LogP contribution >= 0.6 is 10.5 Å². The van der Waals surface area contributed by atoms with E-state index in [1.807, 2.05) is 36.1 Å². The summed E-state index contributed by atoms with van der Waals surface area (Å²) in [5, 5.41) is 7.97. The normalized spacial score (nSPS) is 19.3. The molecular formula is C37H44N6O3S. The van der Waals surface area contributed by atoms with Crippen molar-refractivity contribution in [2.45, 2.75) is 62.1 Å². The molecule has 3 aliphatic heterocycles. The van der Waals surface area contributed by atoms with Crippen molar-refractivity contribution in [2.24, 2.45) is 5.92 Å². The van der Waals surface area contributed by atoms with Gasteiger partial charge in [0.15, 0.2) is 0 Å². The minimum absolute atomic E-state index is 0.0612. The van der Waals surface area contributed by atoms with Gasteiger partial charge in [-0.25, -0.2) is 4.98 Å². The van der Waals surface area contributed by atoms with E-state index in [1.165, 1.54) is 21.4 Å². The number of carbonyl (C=O) groups excluding carboxylic acids is 1. The molecule has 0 spiro atoms. The molecule has 2 atom stereocenters. The fourth-order valence-electron chi connectivity index (χ4n) is 7.09. The van der Waals surface area contributed by atoms with Crippen molar-refractivity contribution in [3.63, 3.8) is 0 Å². The number of rotatable bonds is 9. The maximum absolute atomic E-state index is 14.3. The Morgan fingerprint density at radius 3 is 2.57 bits per heavy atom. The zero-order valence-electron chi connectivity index (χ0n) is 27.2. The Morgan fingerprint density at radius 2 is 1.85 bits per heavy atom. The van der Waals surface area contributed by atoms with Gasteiger partial charge in [0.05, 0.1) is 0 Å². The molecule has 0 radical (unpaired) electrons. The third-order valence-electron chi connectivity index (χ3n) is 9.84. The van der Waals surface area contributed by atoms with E-state index >= 15 is 0 Å². The van der Waals surface area contributed by atoms with Gasteiger partial charge < -0.3 is 20.3 Å². The molecule has 3 aliphatic rings. The zero-order valence-corrected chi connectivity index (χ0v) is 28.0. The molecule has 0 aliphatic carbocycles. The smallest absolute Gasteiger partial charge is 0.260 e. The molecule has 10 heteroatoms. The summed E-state index contributed by atoms with van der Waals surface area (Å²) < 4.78 is 7.10. The average molecular weight is 653 g/mol. The molecule has 246 valence electrons. The maximum atomic E-state index is 14.3. The number of ether oxygens (including phenoxy) is 1. The second kappa shape index (κ2) is 14.1. The van der Waals surface area contributed by atoms with Gasteiger partial charge in [-0.05, 0) is 111 Å². The molecule has 1 amide bonds. The molecular weight excluding hydrogens is 609 g/mol. The number of hydrogen-bond acceptors (Lipinski definition) is 7. The van der Waals surface area contributed by atoms with Gasteiger partial charge in [0, 0.05) is 59.3 Å². The number of aryl methyl sites for hydroxylation is 1. The van der Waals surface area contributed by atoms with Gasteiger partial charge in [-0.3, -0.25) is 14.2 Å². The first-order valence-electron chi connectivity index (χ1n) is 16.9. The molecule has 7 rings (SSSR count). The second-order valence-corrected chi connectivity index (χ2v) is 15.1. The van der Waals surface area contributed by atoms with Gasteiger partial charge in [0.25, 0.3) is 5.56 Å². The van der Waals surface area contributed by atoms with Crippen LogP contribution in [0.4, 0.5) is 11.6 Å². The second-order valence-electron chi connectivity index (χ2n) is 13.1. The average Bonchev–Trinajstić information content (AvgIpc) is 3.83. The summed E-state index contributed by atoms with van der Waals surface area (Å²) in [5.74, 6) is 5.53. The van der Waals surface area contributed by atoms with Gasteiger partial charge in [-0.15, -0.1) is 0 Å². The molecule has 2 aromatic carbocycles. The molecule has 0 bridgehead atoms. The van der Waals surface area contributed by atoms with Crippen LogP contribution in [0, 0.1) is 12.8 Å². The fraction of sp³-hybridized carbons (Fsp3) is 0.432. The van der Waals surface area contributed by atoms with Gasteiger partial charge in [-0.2, -0.15) is 15.5 Å². The van der Waals surface area contributed by atoms with E-state index in [-0.39, 0.29) is 28.5 Å². The summed E-state index contributed by atoms with van der Waals surface area (Å²) in [4.78, 5) is 40.2. The predicted octanol–water partition coefficient (Wildman–Crippen LogP) is 5.52. The number of fused-ring (bicyclic) bond motifs is 1. The highest BCUT2D eigenvalue weighted by Gasteiger charge is 2.23. The first-order chi connectivity index (χ1) is 22.9. The van der Waals surface area contributed by atoms with Crippen LogP contribution in [0.2, 0.25) is 0 Å². The Bertz CT molecular complexity index is 1840. The molecule has 0 saturated carbocycles. The van der Waals surface area contributed by atoms with E-state index in [9.17, 15) is 9.59 Å². The molecule has 3 saturated heterocycles. The van der Waals surface area contributed by atoms with Crippen molar-refractivity contribution in [1.29, 1.82) is 0 Å². The van der Waals surface area contributed by atoms with Crippen molar-refractivity contribution in [3.8, 4) is 11.1 Å². The van der Waals surface area contributed by atoms with E-state index in [4.69, 9.17) is 9.72 Å². The van der Waals surface area contributed by atoms with E-state index in [1.54, 1.807) is 6.20 Å². The van der Waals surface area contributed by atoms with Crippen molar-refractivity contribution >= 4 is 44.9 Å². The third kappa shape index (κ3) is 7.05. The lowest BCUT2D eigenvalue weighted by molar-refractivity contribution is -0.130. The Labute approximate surface area is 278 Å². The van der Waals surface area contributed by atoms with Crippen LogP contribution < -0.4 is 16.2 Å². The molecule has 2 unspecified atom stereocenters. The summed E-state index contributed by atoms with van der Waals surface area (Å²) >= 11 is 0. The Hall–Kier alpha value is -3.86. The SMILES string of the molecule is C=S(c1ccc(-c2cc3cnc(Nc4ccc(CC5CCNC5)cc4)nc3n(CC(=O)N3CCCC3)c2=O)c(C)c1)C1CCOCC1. The number of amides is 1. The predicted molar refractivity (Wildman–Crippen MR) is 191 cm³/mol. The Balaban J connectivity index is 1.20. The van der Waals surface area contributed by atoms with Gasteiger partial charge in [0.1, 0.15) is 12.2 Å². The standard InChI is InChI=1S/C37H44N6O3S/c1-25-19-31(47(2)30-12-17-46-18-13-30)9-10-32(25)33-21-28-23-39-37(40-29-7-5-26(6-8-29)20-27-11-14-38-22-27)41-35(28)43(36(33)45)24-34(44)42-15-3-4-16-42/h5-10,19,21,23,27,30,38H,2-4,11-18,20,22,24H2,1H3,(H,39,40,41). The number of carbonyl (C=O) groups is 1. The summed E-state index contributed by atoms with van der Waals surface area (Å²) in [5.41, 5.74) is 4.81. The van der Waals surface area contributed by atoms with Crippen LogP contribution in [-0.4, -0.2) is 75.9 Å². The first-order valence-corrected chi connectivity index (χ1v) is 18.4. The number of anilines is 2. The lowest BCUT2D eigenvalue weighted by Gasteiger charge is -2.25. The largest absolute Gasteiger partial charge is 0.381 e. The molecule has 9 nitrogen and oxygen atoms in total. The van der Waals surface area contributed by atoms with E-state index in [2.05, 4.69) is 45.8 Å². The monoisotopic (exact) mass is 652 g/mol. The van der Waals surface area contributed by atoms with Gasteiger partial charge in [0.2, 0.25) is 11.9 Å². The highest BCUT2D eigenvalue weighted by molar-refractivity contribution is 8.14. The van der Waals surface area contributed by atoms with Crippen molar-refractivity contribution < 1.29 is 9.53 Å². The zero-order chi connectivity index (χ0) is 32.3. The maximum Gasteiger partial charge on any atom is 0.260 e. The third-order valence-corrected chi connectivity index (χ3v) is 12.0. The van der Waals surface area contributed by atoms with Crippen LogP contribution in [0.15, 0.2) is 64.4 Å². The van der Waals surface area contributed by atoms with Gasteiger partial charge in [-0.1, -0.05) is 24.1 Å². The summed E-state index contributed by atoms with van der Waals surface area (Å²) in [6.45, 7) is 7.18. The number of benzene rings is 2. The van der Waals surface area contributed by atoms with Gasteiger partial charge >= 0.3 is 0 Å².